The lowest BCUT2D eigenvalue weighted by atomic mass is 10.0. The lowest BCUT2D eigenvalue weighted by Gasteiger charge is -2.21. The number of amides is 1. The third-order valence-corrected chi connectivity index (χ3v) is 5.75. The van der Waals surface area contributed by atoms with Crippen LogP contribution in [-0.2, 0) is 6.54 Å². The number of pyridine rings is 1. The van der Waals surface area contributed by atoms with Crippen molar-refractivity contribution >= 4 is 34.8 Å². The third-order valence-electron chi connectivity index (χ3n) is 5.17. The third kappa shape index (κ3) is 4.62. The zero-order valence-electron chi connectivity index (χ0n) is 17.3. The van der Waals surface area contributed by atoms with Crippen LogP contribution in [0.25, 0.3) is 11.3 Å². The largest absolute Gasteiger partial charge is 0.340 e. The number of anilines is 1. The summed E-state index contributed by atoms with van der Waals surface area (Å²) in [7, 11) is 0. The number of nitrogens with one attached hydrogen (secondary N) is 1. The van der Waals surface area contributed by atoms with Crippen LogP contribution in [0.4, 0.5) is 5.69 Å². The zero-order valence-corrected chi connectivity index (χ0v) is 18.8. The molecule has 6 heteroatoms. The van der Waals surface area contributed by atoms with E-state index < -0.39 is 5.91 Å². The fourth-order valence-corrected chi connectivity index (χ4v) is 3.92. The van der Waals surface area contributed by atoms with Gasteiger partial charge in [-0.15, -0.1) is 0 Å². The fraction of sp³-hybridized carbons (Fsp3) is 0.0769. The van der Waals surface area contributed by atoms with Crippen LogP contribution in [0.15, 0.2) is 89.7 Å². The molecular weight excluding hydrogens is 443 g/mol. The summed E-state index contributed by atoms with van der Waals surface area (Å²) in [6.45, 7) is 2.33. The summed E-state index contributed by atoms with van der Waals surface area (Å²) in [4.78, 5) is 26.4. The fourth-order valence-electron chi connectivity index (χ4n) is 3.61. The molecule has 4 aromatic rings. The maximum absolute atomic E-state index is 13.3. The number of carbonyl (C=O) groups excluding carboxylic acids is 1. The number of carbonyl (C=O) groups is 1. The van der Waals surface area contributed by atoms with E-state index in [4.69, 9.17) is 23.2 Å². The molecule has 0 unspecified atom stereocenters. The van der Waals surface area contributed by atoms with E-state index in [1.54, 1.807) is 24.3 Å². The predicted molar refractivity (Wildman–Crippen MR) is 131 cm³/mol. The molecule has 0 saturated heterocycles. The van der Waals surface area contributed by atoms with E-state index in [-0.39, 0.29) is 11.0 Å². The number of nitrogens with zero attached hydrogens (tertiary/aromatic N) is 1. The van der Waals surface area contributed by atoms with E-state index in [9.17, 15) is 9.59 Å². The summed E-state index contributed by atoms with van der Waals surface area (Å²) < 4.78 is 1.97. The normalized spacial score (nSPS) is 10.7. The molecule has 0 aliphatic carbocycles. The molecule has 0 radical (unpaired) electrons. The Kier molecular flexibility index (Phi) is 6.45. The molecule has 1 heterocycles. The molecule has 32 heavy (non-hydrogen) atoms. The minimum atomic E-state index is -0.508. The number of rotatable bonds is 5. The van der Waals surface area contributed by atoms with Crippen LogP contribution in [-0.4, -0.2) is 10.5 Å². The van der Waals surface area contributed by atoms with E-state index in [1.807, 2.05) is 66.1 Å². The average Bonchev–Trinajstić information content (AvgIpc) is 2.78. The number of halogens is 2. The quantitative estimate of drug-likeness (QED) is 0.371. The maximum Gasteiger partial charge on any atom is 0.261 e. The first-order chi connectivity index (χ1) is 15.4. The molecule has 4 rings (SSSR count). The Morgan fingerprint density at radius 1 is 0.906 bits per heavy atom. The van der Waals surface area contributed by atoms with Gasteiger partial charge >= 0.3 is 0 Å². The predicted octanol–water partition coefficient (Wildman–Crippen LogP) is 6.43. The highest BCUT2D eigenvalue weighted by atomic mass is 35.5. The number of benzene rings is 3. The first-order valence-electron chi connectivity index (χ1n) is 10.0. The molecule has 0 aliphatic rings. The highest BCUT2D eigenvalue weighted by Crippen LogP contribution is 2.27. The molecule has 0 aliphatic heterocycles. The van der Waals surface area contributed by atoms with E-state index >= 15 is 0 Å². The van der Waals surface area contributed by atoms with E-state index in [0.29, 0.717) is 28.0 Å². The van der Waals surface area contributed by atoms with Crippen molar-refractivity contribution in [2.45, 2.75) is 13.5 Å². The summed E-state index contributed by atoms with van der Waals surface area (Å²) in [5.74, 6) is -0.508. The van der Waals surface area contributed by atoms with Crippen LogP contribution < -0.4 is 10.7 Å². The second-order valence-corrected chi connectivity index (χ2v) is 8.23. The Labute approximate surface area is 196 Å². The molecule has 0 bridgehead atoms. The lowest BCUT2D eigenvalue weighted by Crippen LogP contribution is -2.27. The number of para-hydroxylation sites is 1. The number of hydrogen-bond donors (Lipinski definition) is 1. The van der Waals surface area contributed by atoms with Crippen LogP contribution in [0.1, 0.15) is 21.6 Å². The summed E-state index contributed by atoms with van der Waals surface area (Å²) >= 11 is 12.3. The zero-order chi connectivity index (χ0) is 22.7. The molecule has 1 aromatic heterocycles. The van der Waals surface area contributed by atoms with Crippen molar-refractivity contribution in [1.82, 2.24) is 4.57 Å². The van der Waals surface area contributed by atoms with Gasteiger partial charge in [0, 0.05) is 23.3 Å². The minimum Gasteiger partial charge on any atom is -0.340 e. The van der Waals surface area contributed by atoms with Gasteiger partial charge < -0.3 is 9.88 Å². The molecule has 0 fully saturated rings. The van der Waals surface area contributed by atoms with Crippen molar-refractivity contribution in [1.29, 1.82) is 0 Å². The van der Waals surface area contributed by atoms with Gasteiger partial charge in [0.1, 0.15) is 5.56 Å². The van der Waals surface area contributed by atoms with Gasteiger partial charge in [-0.3, -0.25) is 9.59 Å². The van der Waals surface area contributed by atoms with Crippen LogP contribution in [0, 0.1) is 6.92 Å². The molecule has 0 spiro atoms. The van der Waals surface area contributed by atoms with Crippen molar-refractivity contribution in [3.63, 3.8) is 0 Å². The monoisotopic (exact) mass is 462 g/mol. The molecule has 4 nitrogen and oxygen atoms in total. The molecule has 3 aromatic carbocycles. The molecule has 0 atom stereocenters. The SMILES string of the molecule is Cc1cc(=O)c(C(=O)Nc2ccccc2Cl)c(-c2ccccc2)n1Cc1ccc(Cl)cc1. The van der Waals surface area contributed by atoms with Crippen LogP contribution in [0.3, 0.4) is 0 Å². The van der Waals surface area contributed by atoms with Crippen LogP contribution >= 0.6 is 23.2 Å². The summed E-state index contributed by atoms with van der Waals surface area (Å²) in [5.41, 5.74) is 3.23. The Morgan fingerprint density at radius 2 is 1.56 bits per heavy atom. The molecule has 1 N–H and O–H groups in total. The second-order valence-electron chi connectivity index (χ2n) is 7.39. The summed E-state index contributed by atoms with van der Waals surface area (Å²) in [6, 6.07) is 25.3. The molecule has 160 valence electrons. The number of aryl methyl sites for hydroxylation is 1. The first-order valence-corrected chi connectivity index (χ1v) is 10.8. The van der Waals surface area contributed by atoms with Gasteiger partial charge in [0.05, 0.1) is 16.4 Å². The Balaban J connectivity index is 1.89. The van der Waals surface area contributed by atoms with E-state index in [0.717, 1.165) is 16.8 Å². The standard InChI is InChI=1S/C26H20Cl2N2O2/c1-17-15-23(31)24(26(32)29-22-10-6-5-9-21(22)28)25(19-7-3-2-4-8-19)30(17)16-18-11-13-20(27)14-12-18/h2-15H,16H2,1H3,(H,29,32). The van der Waals surface area contributed by atoms with Crippen molar-refractivity contribution in [2.75, 3.05) is 5.32 Å². The van der Waals surface area contributed by atoms with Crippen LogP contribution in [0.2, 0.25) is 10.0 Å². The average molecular weight is 463 g/mol. The smallest absolute Gasteiger partial charge is 0.261 e. The highest BCUT2D eigenvalue weighted by Gasteiger charge is 2.22. The number of hydrogen-bond acceptors (Lipinski definition) is 2. The topological polar surface area (TPSA) is 51.1 Å². The van der Waals surface area contributed by atoms with Gasteiger partial charge in [-0.05, 0) is 42.3 Å². The van der Waals surface area contributed by atoms with Gasteiger partial charge in [-0.1, -0.05) is 77.8 Å². The molecule has 1 amide bonds. The van der Waals surface area contributed by atoms with E-state index in [1.165, 1.54) is 6.07 Å². The first kappa shape index (κ1) is 21.9. The van der Waals surface area contributed by atoms with Crippen molar-refractivity contribution in [2.24, 2.45) is 0 Å². The van der Waals surface area contributed by atoms with Gasteiger partial charge in [-0.2, -0.15) is 0 Å². The Morgan fingerprint density at radius 3 is 2.25 bits per heavy atom. The summed E-state index contributed by atoms with van der Waals surface area (Å²) in [6.07, 6.45) is 0. The van der Waals surface area contributed by atoms with Crippen molar-refractivity contribution in [3.8, 4) is 11.3 Å². The van der Waals surface area contributed by atoms with Crippen molar-refractivity contribution in [3.05, 3.63) is 122 Å². The van der Waals surface area contributed by atoms with E-state index in [2.05, 4.69) is 5.32 Å². The minimum absolute atomic E-state index is 0.0654. The Bertz CT molecular complexity index is 1330. The van der Waals surface area contributed by atoms with Crippen molar-refractivity contribution < 1.29 is 4.79 Å². The number of aromatic nitrogens is 1. The molecule has 0 saturated carbocycles. The van der Waals surface area contributed by atoms with Gasteiger partial charge in [-0.25, -0.2) is 0 Å². The maximum atomic E-state index is 13.3. The molecular formula is C26H20Cl2N2O2. The van der Waals surface area contributed by atoms with Gasteiger partial charge in [0.25, 0.3) is 5.91 Å². The lowest BCUT2D eigenvalue weighted by molar-refractivity contribution is 0.102. The van der Waals surface area contributed by atoms with Crippen LogP contribution in [0.5, 0.6) is 0 Å². The van der Waals surface area contributed by atoms with Gasteiger partial charge in [0.2, 0.25) is 0 Å². The Hall–Kier alpha value is -3.34. The highest BCUT2D eigenvalue weighted by molar-refractivity contribution is 6.34. The second kappa shape index (κ2) is 9.43. The van der Waals surface area contributed by atoms with Gasteiger partial charge in [0.15, 0.2) is 5.43 Å². The summed E-state index contributed by atoms with van der Waals surface area (Å²) in [5, 5.41) is 3.84.